The molecule has 2 nitrogen and oxygen atoms in total. The molecule has 0 N–H and O–H groups in total. The highest BCUT2D eigenvalue weighted by Gasteiger charge is 2.24. The zero-order valence-electron chi connectivity index (χ0n) is 32.7. The standard InChI is InChI=1S/C42H87O2PS2/c1-4-7-10-13-16-19-22-25-28-31-34-37-40-44-45(43,46-41-38-35-32-29-26-23-20-17-14-11-8-5-2)47-42-39-36-33-30-27-24-21-18-15-12-9-6-3/h4-42H2,1-3H3. The van der Waals surface area contributed by atoms with Crippen LogP contribution in [0.2, 0.25) is 0 Å². The van der Waals surface area contributed by atoms with Crippen LogP contribution >= 0.6 is 28.5 Å². The SMILES string of the molecule is CCCCCCCCCCCCCCOP(=O)(SCCCCCCCCCCCCCC)SCCCCCCCCCCCCCC. The van der Waals surface area contributed by atoms with Crippen LogP contribution in [-0.2, 0) is 9.09 Å². The summed E-state index contributed by atoms with van der Waals surface area (Å²) in [6.07, 6.45) is 49.2. The fourth-order valence-electron chi connectivity index (χ4n) is 6.47. The largest absolute Gasteiger partial charge is 0.314 e. The van der Waals surface area contributed by atoms with Gasteiger partial charge in [0.15, 0.2) is 0 Å². The molecule has 0 aromatic carbocycles. The van der Waals surface area contributed by atoms with Crippen molar-refractivity contribution in [1.29, 1.82) is 0 Å². The zero-order chi connectivity index (χ0) is 34.2. The van der Waals surface area contributed by atoms with E-state index >= 15 is 0 Å². The van der Waals surface area contributed by atoms with Crippen molar-refractivity contribution in [3.63, 3.8) is 0 Å². The quantitative estimate of drug-likeness (QED) is 0.0464. The van der Waals surface area contributed by atoms with Gasteiger partial charge in [0.05, 0.1) is 6.61 Å². The van der Waals surface area contributed by atoms with Crippen molar-refractivity contribution in [3.8, 4) is 0 Å². The first-order chi connectivity index (χ1) is 23.2. The molecule has 0 aliphatic heterocycles. The smallest absolute Gasteiger partial charge is 0.313 e. The van der Waals surface area contributed by atoms with Gasteiger partial charge < -0.3 is 4.52 Å². The van der Waals surface area contributed by atoms with E-state index < -0.39 is 5.77 Å². The van der Waals surface area contributed by atoms with E-state index in [1.165, 1.54) is 225 Å². The second kappa shape index (κ2) is 41.3. The van der Waals surface area contributed by atoms with E-state index in [4.69, 9.17) is 4.52 Å². The van der Waals surface area contributed by atoms with Gasteiger partial charge in [0.25, 0.3) is 0 Å². The first-order valence-corrected chi connectivity index (χ1v) is 26.5. The molecule has 47 heavy (non-hydrogen) atoms. The summed E-state index contributed by atoms with van der Waals surface area (Å²) < 4.78 is 20.0. The summed E-state index contributed by atoms with van der Waals surface area (Å²) in [5.74, 6) is -0.636. The lowest BCUT2D eigenvalue weighted by atomic mass is 10.1. The summed E-state index contributed by atoms with van der Waals surface area (Å²) in [6.45, 7) is 7.57. The fraction of sp³-hybridized carbons (Fsp3) is 1.00. The molecule has 0 saturated heterocycles. The van der Waals surface area contributed by atoms with Crippen LogP contribution < -0.4 is 0 Å². The average Bonchev–Trinajstić information content (AvgIpc) is 3.07. The molecule has 5 heteroatoms. The predicted octanol–water partition coefficient (Wildman–Crippen LogP) is 17.7. The molecule has 0 amide bonds. The minimum atomic E-state index is -2.63. The third-order valence-electron chi connectivity index (χ3n) is 9.74. The third-order valence-corrected chi connectivity index (χ3v) is 17.3. The van der Waals surface area contributed by atoms with Gasteiger partial charge in [0.2, 0.25) is 0 Å². The van der Waals surface area contributed by atoms with E-state index in [1.807, 2.05) is 0 Å². The van der Waals surface area contributed by atoms with Gasteiger partial charge in [-0.15, -0.1) is 0 Å². The van der Waals surface area contributed by atoms with E-state index in [1.54, 1.807) is 22.8 Å². The predicted molar refractivity (Wildman–Crippen MR) is 222 cm³/mol. The van der Waals surface area contributed by atoms with Gasteiger partial charge in [-0.1, -0.05) is 255 Å². The van der Waals surface area contributed by atoms with Gasteiger partial charge in [-0.3, -0.25) is 4.57 Å². The van der Waals surface area contributed by atoms with Crippen LogP contribution in [-0.4, -0.2) is 18.1 Å². The van der Waals surface area contributed by atoms with Crippen molar-refractivity contribution in [2.45, 2.75) is 252 Å². The second-order valence-electron chi connectivity index (χ2n) is 14.6. The number of hydrogen-bond donors (Lipinski definition) is 0. The van der Waals surface area contributed by atoms with E-state index in [2.05, 4.69) is 20.8 Å². The van der Waals surface area contributed by atoms with Crippen LogP contribution in [0, 0.1) is 0 Å². The molecule has 0 aromatic heterocycles. The Kier molecular flexibility index (Phi) is 42.1. The van der Waals surface area contributed by atoms with E-state index in [-0.39, 0.29) is 0 Å². The second-order valence-corrected chi connectivity index (χ2v) is 22.2. The Morgan fingerprint density at radius 1 is 0.319 bits per heavy atom. The lowest BCUT2D eigenvalue weighted by Gasteiger charge is -2.17. The summed E-state index contributed by atoms with van der Waals surface area (Å²) >= 11 is 3.34. The topological polar surface area (TPSA) is 26.3 Å². The Balaban J connectivity index is 4.08. The lowest BCUT2D eigenvalue weighted by molar-refractivity contribution is 0.321. The normalized spacial score (nSPS) is 12.0. The van der Waals surface area contributed by atoms with E-state index in [0.29, 0.717) is 6.61 Å². The molecule has 0 aromatic rings. The Hall–Kier alpha value is 0.890. The molecule has 0 radical (unpaired) electrons. The number of hydrogen-bond acceptors (Lipinski definition) is 4. The van der Waals surface area contributed by atoms with Crippen molar-refractivity contribution in [3.05, 3.63) is 0 Å². The Labute approximate surface area is 306 Å². The first kappa shape index (κ1) is 47.9. The van der Waals surface area contributed by atoms with Crippen molar-refractivity contribution < 1.29 is 9.09 Å². The van der Waals surface area contributed by atoms with Gasteiger partial charge in [-0.2, -0.15) is 0 Å². The molecular weight excluding hydrogens is 632 g/mol. The van der Waals surface area contributed by atoms with Crippen LogP contribution in [0.4, 0.5) is 0 Å². The van der Waals surface area contributed by atoms with Gasteiger partial charge in [-0.25, -0.2) is 0 Å². The summed E-state index contributed by atoms with van der Waals surface area (Å²) in [4.78, 5) is 0. The van der Waals surface area contributed by atoms with Crippen LogP contribution in [0.3, 0.4) is 0 Å². The maximum absolute atomic E-state index is 13.8. The van der Waals surface area contributed by atoms with Crippen molar-refractivity contribution >= 4 is 28.5 Å². The Morgan fingerprint density at radius 2 is 0.532 bits per heavy atom. The minimum absolute atomic E-state index is 0.686. The van der Waals surface area contributed by atoms with Crippen LogP contribution in [0.15, 0.2) is 0 Å². The Morgan fingerprint density at radius 3 is 0.787 bits per heavy atom. The van der Waals surface area contributed by atoms with Crippen LogP contribution in [0.5, 0.6) is 0 Å². The highest BCUT2D eigenvalue weighted by atomic mass is 33.1. The minimum Gasteiger partial charge on any atom is -0.314 e. The highest BCUT2D eigenvalue weighted by Crippen LogP contribution is 2.70. The molecule has 0 heterocycles. The van der Waals surface area contributed by atoms with Crippen molar-refractivity contribution in [1.82, 2.24) is 0 Å². The molecule has 284 valence electrons. The fourth-order valence-corrected chi connectivity index (χ4v) is 13.4. The molecule has 0 atom stereocenters. The molecule has 0 fully saturated rings. The summed E-state index contributed by atoms with van der Waals surface area (Å²) in [7, 11) is 0. The summed E-state index contributed by atoms with van der Waals surface area (Å²) in [6, 6.07) is 0. The van der Waals surface area contributed by atoms with Crippen molar-refractivity contribution in [2.24, 2.45) is 0 Å². The molecule has 0 spiro atoms. The van der Waals surface area contributed by atoms with Crippen LogP contribution in [0.1, 0.15) is 252 Å². The average molecular weight is 719 g/mol. The molecule has 0 rings (SSSR count). The maximum Gasteiger partial charge on any atom is 0.313 e. The maximum atomic E-state index is 13.8. The van der Waals surface area contributed by atoms with Crippen molar-refractivity contribution in [2.75, 3.05) is 18.1 Å². The zero-order valence-corrected chi connectivity index (χ0v) is 35.2. The highest BCUT2D eigenvalue weighted by molar-refractivity contribution is 8.89. The molecule has 0 aliphatic carbocycles. The molecule has 0 saturated carbocycles. The van der Waals surface area contributed by atoms with Gasteiger partial charge in [-0.05, 0) is 19.3 Å². The van der Waals surface area contributed by atoms with Gasteiger partial charge in [0, 0.05) is 11.5 Å². The third kappa shape index (κ3) is 39.5. The number of unbranched alkanes of at least 4 members (excludes halogenated alkanes) is 33. The summed E-state index contributed by atoms with van der Waals surface area (Å²) in [5, 5.41) is 0. The lowest BCUT2D eigenvalue weighted by Crippen LogP contribution is -1.93. The Bertz CT molecular complexity index is 537. The molecular formula is C42H87O2PS2. The van der Waals surface area contributed by atoms with E-state index in [9.17, 15) is 4.57 Å². The van der Waals surface area contributed by atoms with Crippen LogP contribution in [0.25, 0.3) is 0 Å². The van der Waals surface area contributed by atoms with E-state index in [0.717, 1.165) is 17.9 Å². The molecule has 0 bridgehead atoms. The van der Waals surface area contributed by atoms with Gasteiger partial charge >= 0.3 is 5.77 Å². The monoisotopic (exact) mass is 719 g/mol. The van der Waals surface area contributed by atoms with Gasteiger partial charge in [0.1, 0.15) is 0 Å². The number of rotatable bonds is 42. The summed E-state index contributed by atoms with van der Waals surface area (Å²) in [5.41, 5.74) is 0. The first-order valence-electron chi connectivity index (χ1n) is 21.7. The molecule has 0 unspecified atom stereocenters. The molecule has 0 aliphatic rings.